The second-order valence-corrected chi connectivity index (χ2v) is 16.1. The van der Waals surface area contributed by atoms with Crippen LogP contribution in [0.2, 0.25) is 10.0 Å². The Morgan fingerprint density at radius 1 is 0.903 bits per heavy atom. The largest absolute Gasteiger partial charge is 0.489 e. The van der Waals surface area contributed by atoms with Gasteiger partial charge in [-0.3, -0.25) is 14.7 Å². The first kappa shape index (κ1) is 42.4. The van der Waals surface area contributed by atoms with Gasteiger partial charge in [0.1, 0.15) is 36.5 Å². The van der Waals surface area contributed by atoms with Gasteiger partial charge in [-0.05, 0) is 109 Å². The number of halogens is 2. The van der Waals surface area contributed by atoms with Gasteiger partial charge in [-0.25, -0.2) is 9.78 Å². The van der Waals surface area contributed by atoms with Gasteiger partial charge in [-0.2, -0.15) is 0 Å². The standard InChI is InChI=1S/C48H44Cl2N4O8/c1-28-29(2)51-18-17-42(28)61-37-12-7-30(8-13-37)20-40(48(56)57)53-47(55)41-21-33-22-43-44(23-34(33)24-54(41)25-35-5-4-6-46(52-35)58-3)62-45(27-60-43)32-10-14-36(15-11-32)59-26-31-9-16-38(49)39(50)19-31/h4-19,22-23,40-41,45H,20-21,24-27H2,1-3H3,(H,53,55)(H,56,57). The molecule has 0 aliphatic carbocycles. The molecule has 14 heteroatoms. The molecule has 318 valence electrons. The monoisotopic (exact) mass is 874 g/mol. The molecule has 4 aromatic carbocycles. The van der Waals surface area contributed by atoms with Crippen molar-refractivity contribution in [1.29, 1.82) is 0 Å². The fourth-order valence-corrected chi connectivity index (χ4v) is 7.81. The van der Waals surface area contributed by atoms with Crippen LogP contribution in [0.15, 0.2) is 109 Å². The molecular weight excluding hydrogens is 831 g/mol. The van der Waals surface area contributed by atoms with E-state index in [4.69, 9.17) is 46.9 Å². The highest BCUT2D eigenvalue weighted by molar-refractivity contribution is 6.42. The lowest BCUT2D eigenvalue weighted by Crippen LogP contribution is -2.54. The summed E-state index contributed by atoms with van der Waals surface area (Å²) in [5.41, 5.74) is 6.92. The van der Waals surface area contributed by atoms with E-state index in [1.54, 1.807) is 61.8 Å². The van der Waals surface area contributed by atoms with Gasteiger partial charge < -0.3 is 34.1 Å². The number of ether oxygens (including phenoxy) is 5. The summed E-state index contributed by atoms with van der Waals surface area (Å²) in [6, 6.07) is 29.5. The Morgan fingerprint density at radius 3 is 2.42 bits per heavy atom. The van der Waals surface area contributed by atoms with Crippen LogP contribution in [0.25, 0.3) is 0 Å². The van der Waals surface area contributed by atoms with E-state index < -0.39 is 24.0 Å². The molecule has 0 bridgehead atoms. The lowest BCUT2D eigenvalue weighted by molar-refractivity contribution is -0.142. The number of hydrogen-bond acceptors (Lipinski definition) is 10. The minimum absolute atomic E-state index is 0.0732. The number of carboxylic acid groups (broad SMARTS) is 1. The van der Waals surface area contributed by atoms with Gasteiger partial charge in [-0.15, -0.1) is 0 Å². The van der Waals surface area contributed by atoms with Crippen LogP contribution in [-0.2, 0) is 42.1 Å². The minimum atomic E-state index is -1.18. The number of amides is 1. The molecule has 6 aromatic rings. The van der Waals surface area contributed by atoms with E-state index >= 15 is 0 Å². The lowest BCUT2D eigenvalue weighted by atomic mass is 9.92. The van der Waals surface area contributed by atoms with E-state index in [0.29, 0.717) is 76.5 Å². The Kier molecular flexibility index (Phi) is 12.8. The zero-order valence-corrected chi connectivity index (χ0v) is 35.8. The van der Waals surface area contributed by atoms with Crippen LogP contribution < -0.4 is 29.0 Å². The number of carbonyl (C=O) groups excluding carboxylic acids is 1. The van der Waals surface area contributed by atoms with Gasteiger partial charge in [0.25, 0.3) is 0 Å². The second kappa shape index (κ2) is 18.7. The number of pyridine rings is 2. The molecule has 0 radical (unpaired) electrons. The van der Waals surface area contributed by atoms with Crippen molar-refractivity contribution in [3.05, 3.63) is 164 Å². The molecule has 2 N–H and O–H groups in total. The van der Waals surface area contributed by atoms with E-state index in [0.717, 1.165) is 39.1 Å². The topological polar surface area (TPSA) is 142 Å². The highest BCUT2D eigenvalue weighted by atomic mass is 35.5. The van der Waals surface area contributed by atoms with Crippen molar-refractivity contribution in [2.75, 3.05) is 13.7 Å². The molecule has 0 saturated heterocycles. The summed E-state index contributed by atoms with van der Waals surface area (Å²) >= 11 is 12.2. The van der Waals surface area contributed by atoms with E-state index in [1.165, 1.54) is 0 Å². The number of nitrogens with zero attached hydrogens (tertiary/aromatic N) is 3. The SMILES string of the molecule is COc1cccc(CN2Cc3cc4c(cc3CC2C(=O)NC(Cc2ccc(Oc3ccnc(C)c3C)cc2)C(=O)O)OCC(c2ccc(OCc3ccc(Cl)c(Cl)c3)cc2)O4)n1. The maximum absolute atomic E-state index is 14.2. The minimum Gasteiger partial charge on any atom is -0.489 e. The normalized spacial score (nSPS) is 16.1. The van der Waals surface area contributed by atoms with Gasteiger partial charge in [-0.1, -0.05) is 59.6 Å². The number of rotatable bonds is 14. The molecule has 62 heavy (non-hydrogen) atoms. The average molecular weight is 876 g/mol. The summed E-state index contributed by atoms with van der Waals surface area (Å²) in [5.74, 6) is 2.06. The first-order chi connectivity index (χ1) is 30.0. The van der Waals surface area contributed by atoms with E-state index in [-0.39, 0.29) is 19.1 Å². The van der Waals surface area contributed by atoms with Crippen molar-refractivity contribution in [2.45, 2.75) is 64.6 Å². The van der Waals surface area contributed by atoms with Gasteiger partial charge >= 0.3 is 5.97 Å². The summed E-state index contributed by atoms with van der Waals surface area (Å²) in [5, 5.41) is 14.1. The maximum atomic E-state index is 14.2. The Labute approximate surface area is 369 Å². The van der Waals surface area contributed by atoms with Crippen molar-refractivity contribution in [3.63, 3.8) is 0 Å². The number of aromatic nitrogens is 2. The predicted octanol–water partition coefficient (Wildman–Crippen LogP) is 9.03. The number of aliphatic carboxylic acids is 1. The number of hydrogen-bond donors (Lipinski definition) is 2. The number of carboxylic acids is 1. The Balaban J connectivity index is 0.965. The van der Waals surface area contributed by atoms with Crippen LogP contribution in [0.1, 0.15) is 50.9 Å². The number of aryl methyl sites for hydroxylation is 1. The third-order valence-electron chi connectivity index (χ3n) is 11.1. The van der Waals surface area contributed by atoms with E-state index in [1.807, 2.05) is 73.3 Å². The van der Waals surface area contributed by atoms with Gasteiger partial charge in [0.2, 0.25) is 11.8 Å². The Bertz CT molecular complexity index is 2590. The number of nitrogens with one attached hydrogen (secondary N) is 1. The van der Waals surface area contributed by atoms with Gasteiger partial charge in [0.15, 0.2) is 17.6 Å². The third kappa shape index (κ3) is 9.89. The zero-order valence-electron chi connectivity index (χ0n) is 34.3. The van der Waals surface area contributed by atoms with Crippen LogP contribution in [0.3, 0.4) is 0 Å². The van der Waals surface area contributed by atoms with E-state index in [9.17, 15) is 14.7 Å². The van der Waals surface area contributed by atoms with Crippen molar-refractivity contribution < 1.29 is 38.4 Å². The average Bonchev–Trinajstić information content (AvgIpc) is 3.27. The molecule has 12 nitrogen and oxygen atoms in total. The molecule has 0 fully saturated rings. The van der Waals surface area contributed by atoms with Crippen molar-refractivity contribution in [2.24, 2.45) is 0 Å². The second-order valence-electron chi connectivity index (χ2n) is 15.3. The fraction of sp³-hybridized carbons (Fsp3) is 0.250. The number of benzene rings is 4. The first-order valence-corrected chi connectivity index (χ1v) is 20.8. The molecule has 2 aliphatic rings. The number of carbonyl (C=O) groups is 2. The lowest BCUT2D eigenvalue weighted by Gasteiger charge is -2.37. The zero-order chi connectivity index (χ0) is 43.3. The first-order valence-electron chi connectivity index (χ1n) is 20.1. The van der Waals surface area contributed by atoms with Gasteiger partial charge in [0.05, 0.1) is 28.9 Å². The highest BCUT2D eigenvalue weighted by Crippen LogP contribution is 2.41. The highest BCUT2D eigenvalue weighted by Gasteiger charge is 2.36. The molecule has 1 amide bonds. The third-order valence-corrected chi connectivity index (χ3v) is 11.8. The molecule has 3 unspecified atom stereocenters. The van der Waals surface area contributed by atoms with Crippen LogP contribution in [-0.4, -0.2) is 57.7 Å². The molecule has 4 heterocycles. The summed E-state index contributed by atoms with van der Waals surface area (Å²) in [4.78, 5) is 37.8. The molecule has 2 aliphatic heterocycles. The van der Waals surface area contributed by atoms with Crippen LogP contribution in [0.5, 0.6) is 34.6 Å². The Hall–Kier alpha value is -6.34. The summed E-state index contributed by atoms with van der Waals surface area (Å²) < 4.78 is 30.2. The molecular formula is C48H44Cl2N4O8. The molecule has 3 atom stereocenters. The Morgan fingerprint density at radius 2 is 1.66 bits per heavy atom. The van der Waals surface area contributed by atoms with Crippen LogP contribution in [0.4, 0.5) is 0 Å². The smallest absolute Gasteiger partial charge is 0.326 e. The molecule has 2 aromatic heterocycles. The molecule has 0 saturated carbocycles. The molecule has 0 spiro atoms. The summed E-state index contributed by atoms with van der Waals surface area (Å²) in [6.45, 7) is 5.15. The van der Waals surface area contributed by atoms with E-state index in [2.05, 4.69) is 15.3 Å². The molecule has 8 rings (SSSR count). The van der Waals surface area contributed by atoms with Crippen molar-refractivity contribution in [1.82, 2.24) is 20.2 Å². The summed E-state index contributed by atoms with van der Waals surface area (Å²) in [7, 11) is 1.55. The summed E-state index contributed by atoms with van der Waals surface area (Å²) in [6.07, 6.45) is 1.71. The van der Waals surface area contributed by atoms with Crippen molar-refractivity contribution in [3.8, 4) is 34.6 Å². The predicted molar refractivity (Wildman–Crippen MR) is 234 cm³/mol. The van der Waals surface area contributed by atoms with Crippen LogP contribution in [0, 0.1) is 13.8 Å². The quantitative estimate of drug-likeness (QED) is 0.108. The number of methoxy groups -OCH3 is 1. The van der Waals surface area contributed by atoms with Crippen molar-refractivity contribution >= 4 is 35.1 Å². The van der Waals surface area contributed by atoms with Gasteiger partial charge in [0, 0.05) is 43.0 Å². The van der Waals surface area contributed by atoms with Crippen LogP contribution >= 0.6 is 23.2 Å². The fourth-order valence-electron chi connectivity index (χ4n) is 7.49. The maximum Gasteiger partial charge on any atom is 0.326 e. The number of fused-ring (bicyclic) bond motifs is 2.